The smallest absolute Gasteiger partial charge is 0.384 e. The lowest BCUT2D eigenvalue weighted by Crippen LogP contribution is -2.59. The van der Waals surface area contributed by atoms with Gasteiger partial charge in [-0.25, -0.2) is 9.78 Å². The van der Waals surface area contributed by atoms with Gasteiger partial charge in [0.15, 0.2) is 0 Å². The van der Waals surface area contributed by atoms with Gasteiger partial charge in [-0.15, -0.1) is 0 Å². The van der Waals surface area contributed by atoms with Crippen LogP contribution in [0.1, 0.15) is 25.0 Å². The van der Waals surface area contributed by atoms with Crippen LogP contribution in [-0.2, 0) is 6.18 Å². The Morgan fingerprint density at radius 1 is 1.23 bits per heavy atom. The number of pyridine rings is 1. The number of hydrogen-bond acceptors (Lipinski definition) is 5. The molecule has 3 N–H and O–H groups in total. The van der Waals surface area contributed by atoms with Gasteiger partial charge in [-0.3, -0.25) is 0 Å². The predicted molar refractivity (Wildman–Crippen MR) is 107 cm³/mol. The van der Waals surface area contributed by atoms with Crippen molar-refractivity contribution in [2.75, 3.05) is 29.0 Å². The van der Waals surface area contributed by atoms with Crippen LogP contribution in [0, 0.1) is 11.3 Å². The maximum absolute atomic E-state index is 13.3. The summed E-state index contributed by atoms with van der Waals surface area (Å²) in [6.45, 7) is 4.32. The Balaban J connectivity index is 1.78. The van der Waals surface area contributed by atoms with Crippen LogP contribution in [0.5, 0.6) is 0 Å². The minimum atomic E-state index is -4.62. The third kappa shape index (κ3) is 4.40. The zero-order valence-corrected chi connectivity index (χ0v) is 16.4. The van der Waals surface area contributed by atoms with Crippen molar-refractivity contribution in [1.82, 2.24) is 9.88 Å². The van der Waals surface area contributed by atoms with Crippen molar-refractivity contribution >= 4 is 23.2 Å². The summed E-state index contributed by atoms with van der Waals surface area (Å²) in [5, 5.41) is 11.8. The summed E-state index contributed by atoms with van der Waals surface area (Å²) in [5.74, 6) is 0.278. The molecule has 2 aromatic rings. The van der Waals surface area contributed by atoms with Crippen LogP contribution in [0.2, 0.25) is 0 Å². The van der Waals surface area contributed by atoms with Crippen molar-refractivity contribution in [3.63, 3.8) is 0 Å². The van der Waals surface area contributed by atoms with Gasteiger partial charge in [0.25, 0.3) is 0 Å². The highest BCUT2D eigenvalue weighted by Crippen LogP contribution is 2.35. The Morgan fingerprint density at radius 2 is 1.97 bits per heavy atom. The number of benzene rings is 1. The van der Waals surface area contributed by atoms with E-state index >= 15 is 0 Å². The Bertz CT molecular complexity index is 987. The fourth-order valence-corrected chi connectivity index (χ4v) is 3.53. The van der Waals surface area contributed by atoms with Crippen LogP contribution < -0.4 is 16.0 Å². The van der Waals surface area contributed by atoms with E-state index in [0.29, 0.717) is 24.5 Å². The van der Waals surface area contributed by atoms with Gasteiger partial charge in [0.2, 0.25) is 0 Å². The first-order valence-corrected chi connectivity index (χ1v) is 9.27. The molecule has 0 spiro atoms. The Labute approximate surface area is 171 Å². The number of amides is 2. The second kappa shape index (κ2) is 8.10. The van der Waals surface area contributed by atoms with E-state index in [1.54, 1.807) is 17.0 Å². The van der Waals surface area contributed by atoms with Crippen molar-refractivity contribution in [3.8, 4) is 6.07 Å². The lowest BCUT2D eigenvalue weighted by atomic mass is 10.0. The van der Waals surface area contributed by atoms with Gasteiger partial charge < -0.3 is 20.9 Å². The number of hydrogen-bond donors (Lipinski definition) is 2. The number of urea groups is 1. The van der Waals surface area contributed by atoms with Crippen molar-refractivity contribution in [3.05, 3.63) is 47.7 Å². The maximum atomic E-state index is 13.3. The number of carbonyl (C=O) groups excluding carboxylic acids is 1. The molecule has 1 aromatic heterocycles. The molecule has 7 nitrogen and oxygen atoms in total. The van der Waals surface area contributed by atoms with Gasteiger partial charge >= 0.3 is 12.2 Å². The summed E-state index contributed by atoms with van der Waals surface area (Å²) >= 11 is 0. The van der Waals surface area contributed by atoms with Gasteiger partial charge in [0.05, 0.1) is 17.2 Å². The normalized spacial score (nSPS) is 19.3. The monoisotopic (exact) mass is 418 g/mol. The number of rotatable bonds is 2. The second-order valence-electron chi connectivity index (χ2n) is 7.24. The molecule has 2 amide bonds. The van der Waals surface area contributed by atoms with Crippen LogP contribution in [0.15, 0.2) is 36.5 Å². The number of nitrogens with one attached hydrogen (secondary N) is 1. The molecular weight excluding hydrogens is 397 g/mol. The van der Waals surface area contributed by atoms with Crippen molar-refractivity contribution < 1.29 is 18.0 Å². The van der Waals surface area contributed by atoms with Crippen molar-refractivity contribution in [2.24, 2.45) is 0 Å². The average Bonchev–Trinajstić information content (AvgIpc) is 2.68. The molecule has 1 fully saturated rings. The molecule has 0 unspecified atom stereocenters. The van der Waals surface area contributed by atoms with Crippen LogP contribution in [0.3, 0.4) is 0 Å². The molecule has 2 heterocycles. The Hall–Kier alpha value is -3.48. The minimum Gasteiger partial charge on any atom is -0.384 e. The molecule has 0 aliphatic carbocycles. The van der Waals surface area contributed by atoms with E-state index in [1.165, 1.54) is 24.4 Å². The van der Waals surface area contributed by atoms with Gasteiger partial charge in [-0.05, 0) is 38.1 Å². The van der Waals surface area contributed by atoms with E-state index in [-0.39, 0.29) is 23.9 Å². The molecule has 10 heteroatoms. The second-order valence-corrected chi connectivity index (χ2v) is 7.24. The largest absolute Gasteiger partial charge is 0.417 e. The number of nitriles is 1. The summed E-state index contributed by atoms with van der Waals surface area (Å²) in [4.78, 5) is 20.0. The van der Waals surface area contributed by atoms with Crippen molar-refractivity contribution in [2.45, 2.75) is 32.1 Å². The van der Waals surface area contributed by atoms with Crippen molar-refractivity contribution in [1.29, 1.82) is 5.26 Å². The predicted octanol–water partition coefficient (Wildman–Crippen LogP) is 3.69. The summed E-state index contributed by atoms with van der Waals surface area (Å²) in [5.41, 5.74) is 5.12. The Kier molecular flexibility index (Phi) is 5.73. The number of nitrogen functional groups attached to an aromatic ring is 1. The standard InChI is InChI=1S/C20H21F3N6O/c1-12-11-29(19(30)27-15-5-6-26-18(25)7-15)13(2)10-28(12)16-4-3-14(9-24)17(8-16)20(21,22)23/h3-8,12-13H,10-11H2,1-2H3,(H3,25,26,27,30)/t12-,13+/m0/s1. The fourth-order valence-electron chi connectivity index (χ4n) is 3.53. The fraction of sp³-hybridized carbons (Fsp3) is 0.350. The maximum Gasteiger partial charge on any atom is 0.417 e. The van der Waals surface area contributed by atoms with Gasteiger partial charge in [0, 0.05) is 48.8 Å². The van der Waals surface area contributed by atoms with E-state index < -0.39 is 17.3 Å². The highest BCUT2D eigenvalue weighted by atomic mass is 19.4. The summed E-state index contributed by atoms with van der Waals surface area (Å²) in [6.07, 6.45) is -3.14. The Morgan fingerprint density at radius 3 is 2.60 bits per heavy atom. The summed E-state index contributed by atoms with van der Waals surface area (Å²) in [6, 6.07) is 7.62. The summed E-state index contributed by atoms with van der Waals surface area (Å²) < 4.78 is 39.9. The molecule has 0 saturated carbocycles. The molecule has 1 aliphatic rings. The molecule has 30 heavy (non-hydrogen) atoms. The van der Waals surface area contributed by atoms with Crippen LogP contribution in [-0.4, -0.2) is 41.1 Å². The van der Waals surface area contributed by atoms with E-state index in [4.69, 9.17) is 11.0 Å². The number of nitrogens with two attached hydrogens (primary N) is 1. The number of nitrogens with zero attached hydrogens (tertiary/aromatic N) is 4. The van der Waals surface area contributed by atoms with Crippen LogP contribution >= 0.6 is 0 Å². The number of aromatic nitrogens is 1. The molecule has 2 atom stereocenters. The number of halogens is 3. The molecule has 1 aliphatic heterocycles. The molecule has 0 bridgehead atoms. The third-order valence-corrected chi connectivity index (χ3v) is 5.04. The molecular formula is C20H21F3N6O. The molecule has 158 valence electrons. The van der Waals surface area contributed by atoms with Crippen LogP contribution in [0.25, 0.3) is 0 Å². The van der Waals surface area contributed by atoms with E-state index in [9.17, 15) is 18.0 Å². The zero-order chi connectivity index (χ0) is 22.1. The third-order valence-electron chi connectivity index (χ3n) is 5.04. The van der Waals surface area contributed by atoms with E-state index in [1.807, 2.05) is 18.7 Å². The highest BCUT2D eigenvalue weighted by molar-refractivity contribution is 5.90. The molecule has 3 rings (SSSR count). The number of carbonyl (C=O) groups is 1. The first-order chi connectivity index (χ1) is 14.1. The van der Waals surface area contributed by atoms with Gasteiger partial charge in [-0.1, -0.05) is 0 Å². The molecule has 1 saturated heterocycles. The molecule has 0 radical (unpaired) electrons. The molecule has 1 aromatic carbocycles. The minimum absolute atomic E-state index is 0.233. The SMILES string of the molecule is C[C@@H]1CN(c2ccc(C#N)c(C(F)(F)F)c2)[C@@H](C)CN1C(=O)Nc1ccnc(N)c1. The number of alkyl halides is 3. The van der Waals surface area contributed by atoms with E-state index in [2.05, 4.69) is 10.3 Å². The average molecular weight is 418 g/mol. The first kappa shape index (κ1) is 21.2. The topological polar surface area (TPSA) is 98.3 Å². The number of piperazine rings is 1. The number of anilines is 3. The zero-order valence-electron chi connectivity index (χ0n) is 16.4. The van der Waals surface area contributed by atoms with E-state index in [0.717, 1.165) is 6.07 Å². The summed E-state index contributed by atoms with van der Waals surface area (Å²) in [7, 11) is 0. The lowest BCUT2D eigenvalue weighted by Gasteiger charge is -2.45. The van der Waals surface area contributed by atoms with Crippen LogP contribution in [0.4, 0.5) is 35.2 Å². The quantitative estimate of drug-likeness (QED) is 0.775. The highest BCUT2D eigenvalue weighted by Gasteiger charge is 2.36. The van der Waals surface area contributed by atoms with Gasteiger partial charge in [-0.2, -0.15) is 18.4 Å². The van der Waals surface area contributed by atoms with Gasteiger partial charge in [0.1, 0.15) is 5.82 Å². The first-order valence-electron chi connectivity index (χ1n) is 9.27. The lowest BCUT2D eigenvalue weighted by molar-refractivity contribution is -0.137.